The number of hydrogen-bond donors (Lipinski definition) is 0. The molecule has 2 rings (SSSR count). The number of hydrogen-bond acceptors (Lipinski definition) is 2. The molecule has 0 amide bonds. The lowest BCUT2D eigenvalue weighted by molar-refractivity contribution is -0.139. The third-order valence-corrected chi connectivity index (χ3v) is 2.86. The lowest BCUT2D eigenvalue weighted by Gasteiger charge is -2.04. The van der Waals surface area contributed by atoms with Gasteiger partial charge >= 0.3 is 5.97 Å². The van der Waals surface area contributed by atoms with Gasteiger partial charge in [0.15, 0.2) is 0 Å². The van der Waals surface area contributed by atoms with Crippen LogP contribution in [0.4, 0.5) is 0 Å². The van der Waals surface area contributed by atoms with Crippen molar-refractivity contribution in [2.24, 2.45) is 0 Å². The van der Waals surface area contributed by atoms with Gasteiger partial charge in [0, 0.05) is 0 Å². The number of benzene rings is 1. The summed E-state index contributed by atoms with van der Waals surface area (Å²) in [7, 11) is 1.43. The van der Waals surface area contributed by atoms with Gasteiger partial charge in [0.25, 0.3) is 0 Å². The number of esters is 1. The van der Waals surface area contributed by atoms with Gasteiger partial charge in [0.2, 0.25) is 0 Å². The molecular formula is C13H14O2. The van der Waals surface area contributed by atoms with Crippen LogP contribution in [0.2, 0.25) is 0 Å². The first-order valence-corrected chi connectivity index (χ1v) is 5.06. The van der Waals surface area contributed by atoms with Gasteiger partial charge < -0.3 is 4.74 Å². The number of allylic oxidation sites excluding steroid dienone is 1. The van der Waals surface area contributed by atoms with Gasteiger partial charge in [-0.15, -0.1) is 0 Å². The maximum absolute atomic E-state index is 11.3. The fraction of sp³-hybridized carbons (Fsp3) is 0.308. The Morgan fingerprint density at radius 1 is 1.40 bits per heavy atom. The van der Waals surface area contributed by atoms with Crippen LogP contribution >= 0.6 is 0 Å². The predicted molar refractivity (Wildman–Crippen MR) is 59.4 cm³/mol. The molecule has 2 nitrogen and oxygen atoms in total. The van der Waals surface area contributed by atoms with E-state index in [1.165, 1.54) is 23.8 Å². The molecule has 0 aromatic heterocycles. The lowest BCUT2D eigenvalue weighted by atomic mass is 10.0. The molecule has 0 atom stereocenters. The van der Waals surface area contributed by atoms with E-state index in [1.54, 1.807) is 0 Å². The van der Waals surface area contributed by atoms with Crippen molar-refractivity contribution in [1.82, 2.24) is 0 Å². The van der Waals surface area contributed by atoms with Crippen LogP contribution in [0.3, 0.4) is 0 Å². The van der Waals surface area contributed by atoms with Crippen molar-refractivity contribution in [1.29, 1.82) is 0 Å². The number of methoxy groups -OCH3 is 1. The Bertz CT molecular complexity index is 430. The van der Waals surface area contributed by atoms with E-state index < -0.39 is 0 Å². The van der Waals surface area contributed by atoms with Crippen molar-refractivity contribution in [2.45, 2.75) is 19.8 Å². The summed E-state index contributed by atoms with van der Waals surface area (Å²) in [5.74, 6) is -0.166. The average Bonchev–Trinajstić information content (AvgIpc) is 2.55. The summed E-state index contributed by atoms with van der Waals surface area (Å²) < 4.78 is 4.70. The third-order valence-electron chi connectivity index (χ3n) is 2.86. The highest BCUT2D eigenvalue weighted by molar-refractivity contribution is 5.89. The highest BCUT2D eigenvalue weighted by Gasteiger charge is 2.20. The van der Waals surface area contributed by atoms with Gasteiger partial charge in [-0.25, -0.2) is 0 Å². The number of rotatable bonds is 2. The number of ether oxygens (including phenoxy) is 1. The van der Waals surface area contributed by atoms with Crippen LogP contribution in [-0.2, 0) is 16.0 Å². The summed E-state index contributed by atoms with van der Waals surface area (Å²) in [6, 6.07) is 8.23. The molecule has 0 saturated heterocycles. The molecule has 0 fully saturated rings. The highest BCUT2D eigenvalue weighted by Crippen LogP contribution is 2.34. The minimum absolute atomic E-state index is 0.166. The van der Waals surface area contributed by atoms with E-state index in [1.807, 2.05) is 12.1 Å². The van der Waals surface area contributed by atoms with Crippen molar-refractivity contribution in [3.63, 3.8) is 0 Å². The maximum Gasteiger partial charge on any atom is 0.309 e. The average molecular weight is 202 g/mol. The van der Waals surface area contributed by atoms with Crippen LogP contribution in [0.15, 0.2) is 29.8 Å². The first-order chi connectivity index (χ1) is 7.22. The molecule has 15 heavy (non-hydrogen) atoms. The van der Waals surface area contributed by atoms with Gasteiger partial charge in [-0.3, -0.25) is 4.79 Å². The summed E-state index contributed by atoms with van der Waals surface area (Å²) in [6.45, 7) is 2.08. The Morgan fingerprint density at radius 2 is 2.13 bits per heavy atom. The smallest absolute Gasteiger partial charge is 0.309 e. The molecule has 2 heteroatoms. The van der Waals surface area contributed by atoms with E-state index in [2.05, 4.69) is 19.1 Å². The first-order valence-electron chi connectivity index (χ1n) is 5.06. The Kier molecular flexibility index (Phi) is 2.58. The first kappa shape index (κ1) is 9.97. The van der Waals surface area contributed by atoms with E-state index in [-0.39, 0.29) is 5.97 Å². The van der Waals surface area contributed by atoms with Gasteiger partial charge in [0.05, 0.1) is 13.5 Å². The molecule has 0 radical (unpaired) electrons. The summed E-state index contributed by atoms with van der Waals surface area (Å²) in [5, 5.41) is 0. The Morgan fingerprint density at radius 3 is 2.87 bits per heavy atom. The zero-order valence-corrected chi connectivity index (χ0v) is 9.04. The largest absolute Gasteiger partial charge is 0.469 e. The standard InChI is InChI=1S/C13H14O2/c1-9-7-10-5-3-4-6-11(10)12(9)8-13(14)15-2/h3-6H,7-8H2,1-2H3. The molecule has 0 saturated carbocycles. The SMILES string of the molecule is COC(=O)CC1=C(C)Cc2ccccc21. The second-order valence-corrected chi connectivity index (χ2v) is 3.85. The van der Waals surface area contributed by atoms with Crippen LogP contribution in [0.5, 0.6) is 0 Å². The molecule has 78 valence electrons. The Labute approximate surface area is 89.6 Å². The molecule has 1 aromatic carbocycles. The van der Waals surface area contributed by atoms with E-state index in [0.29, 0.717) is 6.42 Å². The van der Waals surface area contributed by atoms with Gasteiger partial charge in [-0.1, -0.05) is 29.8 Å². The van der Waals surface area contributed by atoms with Crippen LogP contribution < -0.4 is 0 Å². The number of carbonyl (C=O) groups excluding carboxylic acids is 1. The highest BCUT2D eigenvalue weighted by atomic mass is 16.5. The molecule has 1 aromatic rings. The molecule has 0 N–H and O–H groups in total. The summed E-state index contributed by atoms with van der Waals surface area (Å²) in [5.41, 5.74) is 4.94. The van der Waals surface area contributed by atoms with E-state index in [4.69, 9.17) is 4.74 Å². The summed E-state index contributed by atoms with van der Waals surface area (Å²) in [4.78, 5) is 11.3. The fourth-order valence-corrected chi connectivity index (χ4v) is 2.05. The molecule has 0 unspecified atom stereocenters. The minimum atomic E-state index is -0.166. The topological polar surface area (TPSA) is 26.3 Å². The third kappa shape index (κ3) is 1.80. The van der Waals surface area contributed by atoms with Crippen LogP contribution in [-0.4, -0.2) is 13.1 Å². The van der Waals surface area contributed by atoms with Gasteiger partial charge in [0.1, 0.15) is 0 Å². The molecule has 0 aliphatic heterocycles. The van der Waals surface area contributed by atoms with Crippen LogP contribution in [0.25, 0.3) is 5.57 Å². The van der Waals surface area contributed by atoms with Crippen molar-refractivity contribution >= 4 is 11.5 Å². The summed E-state index contributed by atoms with van der Waals surface area (Å²) in [6.07, 6.45) is 1.35. The quantitative estimate of drug-likeness (QED) is 0.689. The second-order valence-electron chi connectivity index (χ2n) is 3.85. The van der Waals surface area contributed by atoms with E-state index in [9.17, 15) is 4.79 Å². The lowest BCUT2D eigenvalue weighted by Crippen LogP contribution is -2.01. The monoisotopic (exact) mass is 202 g/mol. The summed E-state index contributed by atoms with van der Waals surface area (Å²) >= 11 is 0. The van der Waals surface area contributed by atoms with E-state index in [0.717, 1.165) is 12.0 Å². The molecule has 1 aliphatic carbocycles. The molecule has 0 heterocycles. The molecule has 1 aliphatic rings. The number of carbonyl (C=O) groups is 1. The number of fused-ring (bicyclic) bond motifs is 1. The van der Waals surface area contributed by atoms with Crippen molar-refractivity contribution in [3.8, 4) is 0 Å². The van der Waals surface area contributed by atoms with Crippen LogP contribution in [0, 0.1) is 0 Å². The zero-order chi connectivity index (χ0) is 10.8. The van der Waals surface area contributed by atoms with Crippen molar-refractivity contribution in [2.75, 3.05) is 7.11 Å². The second kappa shape index (κ2) is 3.89. The van der Waals surface area contributed by atoms with Crippen LogP contribution in [0.1, 0.15) is 24.5 Å². The molecular weight excluding hydrogens is 188 g/mol. The van der Waals surface area contributed by atoms with Gasteiger partial charge in [-0.05, 0) is 30.0 Å². The zero-order valence-electron chi connectivity index (χ0n) is 9.04. The fourth-order valence-electron chi connectivity index (χ4n) is 2.05. The Hall–Kier alpha value is -1.57. The maximum atomic E-state index is 11.3. The predicted octanol–water partition coefficient (Wildman–Crippen LogP) is 2.58. The van der Waals surface area contributed by atoms with Crippen molar-refractivity contribution < 1.29 is 9.53 Å². The van der Waals surface area contributed by atoms with Gasteiger partial charge in [-0.2, -0.15) is 0 Å². The normalized spacial score (nSPS) is 14.0. The molecule has 0 bridgehead atoms. The van der Waals surface area contributed by atoms with Crippen molar-refractivity contribution in [3.05, 3.63) is 41.0 Å². The van der Waals surface area contributed by atoms with E-state index >= 15 is 0 Å². The minimum Gasteiger partial charge on any atom is -0.469 e. The Balaban J connectivity index is 2.32. The molecule has 0 spiro atoms.